The number of urea groups is 1. The Morgan fingerprint density at radius 1 is 0.788 bits per heavy atom. The molecule has 170 valence electrons. The molecule has 0 aliphatic carbocycles. The number of anilines is 1. The van der Waals surface area contributed by atoms with Gasteiger partial charge >= 0.3 is 6.03 Å². The highest BCUT2D eigenvalue weighted by Gasteiger charge is 2.52. The van der Waals surface area contributed by atoms with Crippen molar-refractivity contribution in [2.75, 3.05) is 19.1 Å². The monoisotopic (exact) mass is 446 g/mol. The topological polar surface area (TPSA) is 68.3 Å². The third-order valence-electron chi connectivity index (χ3n) is 5.69. The van der Waals surface area contributed by atoms with Gasteiger partial charge in [0, 0.05) is 23.8 Å². The Hall–Kier alpha value is -4.00. The third-order valence-corrected chi connectivity index (χ3v) is 5.69. The summed E-state index contributed by atoms with van der Waals surface area (Å²) in [5.74, 6) is 1.97. The summed E-state index contributed by atoms with van der Waals surface area (Å²) in [6.07, 6.45) is 0. The number of amides is 3. The molecule has 4 rings (SSSR count). The van der Waals surface area contributed by atoms with E-state index >= 15 is 0 Å². The number of carbonyl (C=O) groups excluding carboxylic acids is 2. The lowest BCUT2D eigenvalue weighted by atomic mass is 10.0. The van der Waals surface area contributed by atoms with Crippen molar-refractivity contribution in [1.29, 1.82) is 0 Å². The van der Waals surface area contributed by atoms with Gasteiger partial charge in [0.1, 0.15) is 28.5 Å². The van der Waals surface area contributed by atoms with Gasteiger partial charge in [-0.15, -0.1) is 0 Å². The number of para-hydroxylation sites is 2. The van der Waals surface area contributed by atoms with Crippen LogP contribution in [0.15, 0.2) is 72.8 Å². The van der Waals surface area contributed by atoms with Crippen molar-refractivity contribution in [3.8, 4) is 23.0 Å². The minimum Gasteiger partial charge on any atom is -0.497 e. The predicted octanol–water partition coefficient (Wildman–Crippen LogP) is 5.24. The highest BCUT2D eigenvalue weighted by molar-refractivity contribution is 6.23. The zero-order valence-corrected chi connectivity index (χ0v) is 19.1. The smallest absolute Gasteiger partial charge is 0.332 e. The van der Waals surface area contributed by atoms with E-state index in [-0.39, 0.29) is 12.5 Å². The molecular formula is C26H26N2O5. The average Bonchev–Trinajstić information content (AvgIpc) is 2.99. The molecule has 0 spiro atoms. The van der Waals surface area contributed by atoms with Crippen LogP contribution in [-0.2, 0) is 11.3 Å². The summed E-state index contributed by atoms with van der Waals surface area (Å²) in [5, 5.41) is 0. The molecule has 3 aromatic rings. The highest BCUT2D eigenvalue weighted by atomic mass is 16.5. The Morgan fingerprint density at radius 2 is 1.39 bits per heavy atom. The molecule has 1 saturated heterocycles. The third kappa shape index (κ3) is 4.22. The first-order chi connectivity index (χ1) is 15.8. The first-order valence-electron chi connectivity index (χ1n) is 10.5. The van der Waals surface area contributed by atoms with Crippen LogP contribution in [0.4, 0.5) is 10.5 Å². The Balaban J connectivity index is 1.67. The summed E-state index contributed by atoms with van der Waals surface area (Å²) in [6, 6.07) is 21.5. The Labute approximate surface area is 193 Å². The maximum Gasteiger partial charge on any atom is 0.332 e. The number of methoxy groups -OCH3 is 2. The van der Waals surface area contributed by atoms with Crippen LogP contribution >= 0.6 is 0 Å². The van der Waals surface area contributed by atoms with Gasteiger partial charge in [0.05, 0.1) is 26.5 Å². The van der Waals surface area contributed by atoms with Gasteiger partial charge in [0.2, 0.25) is 0 Å². The van der Waals surface area contributed by atoms with Crippen molar-refractivity contribution < 1.29 is 23.8 Å². The van der Waals surface area contributed by atoms with Crippen molar-refractivity contribution in [1.82, 2.24) is 4.90 Å². The molecule has 0 N–H and O–H groups in total. The molecule has 1 aliphatic heterocycles. The summed E-state index contributed by atoms with van der Waals surface area (Å²) in [5.41, 5.74) is 0.124. The van der Waals surface area contributed by atoms with Crippen LogP contribution in [0.2, 0.25) is 0 Å². The van der Waals surface area contributed by atoms with Crippen LogP contribution in [0.3, 0.4) is 0 Å². The molecule has 0 saturated carbocycles. The molecule has 3 aromatic carbocycles. The van der Waals surface area contributed by atoms with Gasteiger partial charge in [0.25, 0.3) is 5.91 Å². The van der Waals surface area contributed by atoms with E-state index < -0.39 is 11.6 Å². The van der Waals surface area contributed by atoms with Crippen LogP contribution in [-0.4, -0.2) is 36.6 Å². The van der Waals surface area contributed by atoms with Crippen LogP contribution in [0.25, 0.3) is 0 Å². The van der Waals surface area contributed by atoms with E-state index in [1.54, 1.807) is 36.9 Å². The molecule has 0 atom stereocenters. The van der Waals surface area contributed by atoms with E-state index in [1.807, 2.05) is 54.6 Å². The lowest BCUT2D eigenvalue weighted by Crippen LogP contribution is -2.43. The maximum atomic E-state index is 13.5. The van der Waals surface area contributed by atoms with Gasteiger partial charge in [-0.2, -0.15) is 0 Å². The molecule has 33 heavy (non-hydrogen) atoms. The number of nitrogens with zero attached hydrogens (tertiary/aromatic N) is 2. The quantitative estimate of drug-likeness (QED) is 0.464. The van der Waals surface area contributed by atoms with E-state index in [0.717, 1.165) is 5.56 Å². The lowest BCUT2D eigenvalue weighted by Gasteiger charge is -2.28. The average molecular weight is 447 g/mol. The Kier molecular flexibility index (Phi) is 5.96. The number of ether oxygens (including phenoxy) is 3. The van der Waals surface area contributed by atoms with Gasteiger partial charge in [-0.05, 0) is 32.0 Å². The van der Waals surface area contributed by atoms with E-state index in [0.29, 0.717) is 28.7 Å². The fourth-order valence-corrected chi connectivity index (χ4v) is 3.77. The summed E-state index contributed by atoms with van der Waals surface area (Å²) >= 11 is 0. The molecular weight excluding hydrogens is 420 g/mol. The van der Waals surface area contributed by atoms with Gasteiger partial charge in [-0.3, -0.25) is 4.79 Å². The van der Waals surface area contributed by atoms with Crippen molar-refractivity contribution >= 4 is 17.6 Å². The molecule has 1 aliphatic rings. The number of carbonyl (C=O) groups is 2. The second-order valence-corrected chi connectivity index (χ2v) is 8.16. The summed E-state index contributed by atoms with van der Waals surface area (Å²) in [4.78, 5) is 29.6. The van der Waals surface area contributed by atoms with E-state index in [9.17, 15) is 9.59 Å². The standard InChI is InChI=1S/C26H26N2O5/c1-26(2)24(29)28(19-14-21(31-3)16-22(15-19)32-4)25(30)27(26)17-18-10-8-9-13-23(18)33-20-11-6-5-7-12-20/h5-16H,17H2,1-4H3. The van der Waals surface area contributed by atoms with Crippen LogP contribution in [0.5, 0.6) is 23.0 Å². The van der Waals surface area contributed by atoms with Gasteiger partial charge in [-0.25, -0.2) is 9.69 Å². The number of imide groups is 1. The Bertz CT molecular complexity index is 1150. The molecule has 0 unspecified atom stereocenters. The molecule has 1 heterocycles. The number of benzene rings is 3. The zero-order valence-electron chi connectivity index (χ0n) is 19.1. The molecule has 0 aromatic heterocycles. The first-order valence-corrected chi connectivity index (χ1v) is 10.5. The number of hydrogen-bond donors (Lipinski definition) is 0. The van der Waals surface area contributed by atoms with E-state index in [1.165, 1.54) is 19.1 Å². The van der Waals surface area contributed by atoms with Crippen LogP contribution < -0.4 is 19.1 Å². The molecule has 0 bridgehead atoms. The van der Waals surface area contributed by atoms with Crippen LogP contribution in [0.1, 0.15) is 19.4 Å². The number of hydrogen-bond acceptors (Lipinski definition) is 5. The summed E-state index contributed by atoms with van der Waals surface area (Å²) in [7, 11) is 3.04. The van der Waals surface area contributed by atoms with Crippen LogP contribution in [0, 0.1) is 0 Å². The number of rotatable bonds is 7. The highest BCUT2D eigenvalue weighted by Crippen LogP contribution is 2.38. The second kappa shape index (κ2) is 8.86. The minimum atomic E-state index is -1.06. The summed E-state index contributed by atoms with van der Waals surface area (Å²) < 4.78 is 16.7. The van der Waals surface area contributed by atoms with Gasteiger partial charge in [-0.1, -0.05) is 36.4 Å². The fourth-order valence-electron chi connectivity index (χ4n) is 3.77. The SMILES string of the molecule is COc1cc(OC)cc(N2C(=O)N(Cc3ccccc3Oc3ccccc3)C(C)(C)C2=O)c1. The van der Waals surface area contributed by atoms with E-state index in [2.05, 4.69) is 0 Å². The normalized spacial score (nSPS) is 15.0. The Morgan fingerprint density at radius 3 is 2.03 bits per heavy atom. The minimum absolute atomic E-state index is 0.207. The van der Waals surface area contributed by atoms with Crippen molar-refractivity contribution in [2.45, 2.75) is 25.9 Å². The summed E-state index contributed by atoms with van der Waals surface area (Å²) in [6.45, 7) is 3.69. The molecule has 7 nitrogen and oxygen atoms in total. The zero-order chi connectivity index (χ0) is 23.6. The van der Waals surface area contributed by atoms with Crippen molar-refractivity contribution in [3.05, 3.63) is 78.4 Å². The molecule has 0 radical (unpaired) electrons. The maximum absolute atomic E-state index is 13.5. The van der Waals surface area contributed by atoms with Gasteiger partial charge < -0.3 is 19.1 Å². The first kappa shape index (κ1) is 22.2. The van der Waals surface area contributed by atoms with Crippen molar-refractivity contribution in [2.24, 2.45) is 0 Å². The largest absolute Gasteiger partial charge is 0.497 e. The van der Waals surface area contributed by atoms with E-state index in [4.69, 9.17) is 14.2 Å². The molecule has 1 fully saturated rings. The second-order valence-electron chi connectivity index (χ2n) is 8.16. The molecule has 7 heteroatoms. The predicted molar refractivity (Wildman–Crippen MR) is 125 cm³/mol. The van der Waals surface area contributed by atoms with Crippen molar-refractivity contribution in [3.63, 3.8) is 0 Å². The van der Waals surface area contributed by atoms with Gasteiger partial charge in [0.15, 0.2) is 0 Å². The molecule has 3 amide bonds. The lowest BCUT2D eigenvalue weighted by molar-refractivity contribution is -0.123. The fraction of sp³-hybridized carbons (Fsp3) is 0.231.